The fourth-order valence-corrected chi connectivity index (χ4v) is 3.52. The smallest absolute Gasteiger partial charge is 0.135 e. The quantitative estimate of drug-likeness (QED) is 0.334. The van der Waals surface area contributed by atoms with Gasteiger partial charge in [-0.25, -0.2) is 0 Å². The molecule has 0 saturated heterocycles. The Balaban J connectivity index is 1.58. The molecule has 2 heteroatoms. The third-order valence-electron chi connectivity index (χ3n) is 5.17. The first-order valence-electron chi connectivity index (χ1n) is 9.90. The van der Waals surface area contributed by atoms with Gasteiger partial charge < -0.3 is 4.42 Å². The van der Waals surface area contributed by atoms with Gasteiger partial charge in [-0.1, -0.05) is 50.1 Å². The van der Waals surface area contributed by atoms with Crippen molar-refractivity contribution in [1.82, 2.24) is 0 Å². The molecule has 0 fully saturated rings. The largest absolute Gasteiger partial charge is 0.456 e. The van der Waals surface area contributed by atoms with Gasteiger partial charge in [0.25, 0.3) is 0 Å². The summed E-state index contributed by atoms with van der Waals surface area (Å²) in [7, 11) is 0. The van der Waals surface area contributed by atoms with Gasteiger partial charge in [-0.3, -0.25) is 0 Å². The van der Waals surface area contributed by atoms with Gasteiger partial charge in [-0.05, 0) is 72.0 Å². The molecule has 0 atom stereocenters. The normalized spacial score (nSPS) is 10.9. The minimum atomic E-state index is 0.653. The maximum Gasteiger partial charge on any atom is 0.135 e. The van der Waals surface area contributed by atoms with E-state index in [1.165, 1.54) is 36.0 Å². The summed E-state index contributed by atoms with van der Waals surface area (Å²) in [6, 6.07) is 26.9. The first-order chi connectivity index (χ1) is 13.8. The monoisotopic (exact) mass is 365 g/mol. The molecule has 1 heterocycles. The molecule has 4 aromatic rings. The zero-order valence-corrected chi connectivity index (χ0v) is 16.1. The van der Waals surface area contributed by atoms with Gasteiger partial charge in [0.2, 0.25) is 0 Å². The van der Waals surface area contributed by atoms with Gasteiger partial charge in [0, 0.05) is 10.9 Å². The molecule has 0 radical (unpaired) electrons. The molecule has 0 bridgehead atoms. The molecule has 28 heavy (non-hydrogen) atoms. The molecule has 0 N–H and O–H groups in total. The lowest BCUT2D eigenvalue weighted by molar-refractivity contribution is 0.631. The molecule has 0 aliphatic carbocycles. The van der Waals surface area contributed by atoms with Crippen LogP contribution in [-0.4, -0.2) is 0 Å². The Hall–Kier alpha value is -3.31. The second-order valence-electron chi connectivity index (χ2n) is 7.21. The van der Waals surface area contributed by atoms with Crippen molar-refractivity contribution in [3.8, 4) is 28.5 Å². The predicted molar refractivity (Wildman–Crippen MR) is 115 cm³/mol. The van der Waals surface area contributed by atoms with Crippen molar-refractivity contribution >= 4 is 11.0 Å². The fourth-order valence-electron chi connectivity index (χ4n) is 3.52. The summed E-state index contributed by atoms with van der Waals surface area (Å²) < 4.78 is 6.01. The number of rotatable bonds is 6. The van der Waals surface area contributed by atoms with E-state index in [9.17, 15) is 0 Å². The maximum atomic E-state index is 8.95. The van der Waals surface area contributed by atoms with Crippen LogP contribution >= 0.6 is 0 Å². The Morgan fingerprint density at radius 2 is 1.50 bits per heavy atom. The second kappa shape index (κ2) is 8.15. The van der Waals surface area contributed by atoms with Gasteiger partial charge in [-0.2, -0.15) is 5.26 Å². The third kappa shape index (κ3) is 3.85. The van der Waals surface area contributed by atoms with Crippen LogP contribution in [0.4, 0.5) is 0 Å². The summed E-state index contributed by atoms with van der Waals surface area (Å²) in [5.74, 6) is 0.822. The average molecular weight is 365 g/mol. The van der Waals surface area contributed by atoms with Crippen molar-refractivity contribution in [2.45, 2.75) is 32.6 Å². The third-order valence-corrected chi connectivity index (χ3v) is 5.17. The molecular weight excluding hydrogens is 342 g/mol. The Morgan fingerprint density at radius 1 is 0.786 bits per heavy atom. The molecule has 1 aromatic heterocycles. The molecule has 0 unspecified atom stereocenters. The van der Waals surface area contributed by atoms with Crippen molar-refractivity contribution in [3.63, 3.8) is 0 Å². The van der Waals surface area contributed by atoms with Crippen molar-refractivity contribution in [1.29, 1.82) is 5.26 Å². The number of hydrogen-bond acceptors (Lipinski definition) is 2. The van der Waals surface area contributed by atoms with E-state index in [1.54, 1.807) is 0 Å². The van der Waals surface area contributed by atoms with Crippen LogP contribution in [0.1, 0.15) is 37.3 Å². The number of furan rings is 1. The molecule has 0 aliphatic heterocycles. The average Bonchev–Trinajstić information content (AvgIpc) is 3.18. The number of benzene rings is 3. The molecule has 0 amide bonds. The van der Waals surface area contributed by atoms with Crippen LogP contribution in [0.3, 0.4) is 0 Å². The van der Waals surface area contributed by atoms with Crippen LogP contribution in [0.5, 0.6) is 0 Å². The number of nitriles is 1. The highest BCUT2D eigenvalue weighted by Gasteiger charge is 2.08. The van der Waals surface area contributed by atoms with Gasteiger partial charge in [0.1, 0.15) is 11.3 Å². The van der Waals surface area contributed by atoms with Gasteiger partial charge in [0.15, 0.2) is 0 Å². The van der Waals surface area contributed by atoms with Crippen molar-refractivity contribution < 1.29 is 4.42 Å². The predicted octanol–water partition coefficient (Wildman–Crippen LogP) is 7.37. The van der Waals surface area contributed by atoms with E-state index in [1.807, 2.05) is 30.3 Å². The molecule has 0 spiro atoms. The Labute approximate surface area is 166 Å². The zero-order valence-electron chi connectivity index (χ0n) is 16.1. The van der Waals surface area contributed by atoms with Crippen molar-refractivity contribution in [3.05, 3.63) is 83.9 Å². The Bertz CT molecular complexity index is 1110. The lowest BCUT2D eigenvalue weighted by Gasteiger charge is -2.05. The summed E-state index contributed by atoms with van der Waals surface area (Å²) in [5, 5.41) is 10.0. The van der Waals surface area contributed by atoms with E-state index in [4.69, 9.17) is 9.68 Å². The van der Waals surface area contributed by atoms with E-state index >= 15 is 0 Å². The van der Waals surface area contributed by atoms with Crippen molar-refractivity contribution in [2.75, 3.05) is 0 Å². The summed E-state index contributed by atoms with van der Waals surface area (Å²) in [6.07, 6.45) is 4.96. The van der Waals surface area contributed by atoms with Gasteiger partial charge in [-0.15, -0.1) is 0 Å². The van der Waals surface area contributed by atoms with Gasteiger partial charge >= 0.3 is 0 Å². The van der Waals surface area contributed by atoms with E-state index in [-0.39, 0.29) is 0 Å². The molecule has 0 aliphatic rings. The maximum absolute atomic E-state index is 8.95. The SMILES string of the molecule is CCCCCc1ccc(-c2ccc3oc(-c4ccc(C#N)cc4)cc3c2)cc1. The molecule has 0 saturated carbocycles. The second-order valence-corrected chi connectivity index (χ2v) is 7.21. The van der Waals surface area contributed by atoms with Crippen LogP contribution in [-0.2, 0) is 6.42 Å². The van der Waals surface area contributed by atoms with Gasteiger partial charge in [0.05, 0.1) is 11.6 Å². The molecule has 138 valence electrons. The summed E-state index contributed by atoms with van der Waals surface area (Å²) in [5.41, 5.74) is 6.33. The lowest BCUT2D eigenvalue weighted by atomic mass is 10.0. The van der Waals surface area contributed by atoms with E-state index in [0.29, 0.717) is 5.56 Å². The Kier molecular flexibility index (Phi) is 5.26. The fraction of sp³-hybridized carbons (Fsp3) is 0.192. The Morgan fingerprint density at radius 3 is 2.21 bits per heavy atom. The highest BCUT2D eigenvalue weighted by Crippen LogP contribution is 2.31. The van der Waals surface area contributed by atoms with Crippen LogP contribution in [0.15, 0.2) is 77.2 Å². The minimum absolute atomic E-state index is 0.653. The number of unbranched alkanes of at least 4 members (excludes halogenated alkanes) is 2. The standard InChI is InChI=1S/C26H23NO/c1-2-3-4-5-19-6-10-21(11-7-19)23-14-15-25-24(16-23)17-26(28-25)22-12-8-20(18-27)9-13-22/h6-17H,2-5H2,1H3. The lowest BCUT2D eigenvalue weighted by Crippen LogP contribution is -1.85. The topological polar surface area (TPSA) is 36.9 Å². The summed E-state index contributed by atoms with van der Waals surface area (Å²) in [6.45, 7) is 2.24. The van der Waals surface area contributed by atoms with Crippen LogP contribution in [0, 0.1) is 11.3 Å². The number of nitrogens with zero attached hydrogens (tertiary/aromatic N) is 1. The molecular formula is C26H23NO. The summed E-state index contributed by atoms with van der Waals surface area (Å²) >= 11 is 0. The molecule has 3 aromatic carbocycles. The highest BCUT2D eigenvalue weighted by atomic mass is 16.3. The number of hydrogen-bond donors (Lipinski definition) is 0. The van der Waals surface area contributed by atoms with E-state index in [0.717, 1.165) is 28.7 Å². The zero-order chi connectivity index (χ0) is 19.3. The number of fused-ring (bicyclic) bond motifs is 1. The van der Waals surface area contributed by atoms with Crippen molar-refractivity contribution in [2.24, 2.45) is 0 Å². The van der Waals surface area contributed by atoms with E-state index in [2.05, 4.69) is 55.5 Å². The van der Waals surface area contributed by atoms with Crippen LogP contribution in [0.25, 0.3) is 33.4 Å². The first-order valence-corrected chi connectivity index (χ1v) is 9.90. The van der Waals surface area contributed by atoms with Crippen LogP contribution < -0.4 is 0 Å². The minimum Gasteiger partial charge on any atom is -0.456 e. The summed E-state index contributed by atoms with van der Waals surface area (Å²) in [4.78, 5) is 0. The number of aryl methyl sites for hydroxylation is 1. The van der Waals surface area contributed by atoms with Crippen LogP contribution in [0.2, 0.25) is 0 Å². The highest BCUT2D eigenvalue weighted by molar-refractivity contribution is 5.87. The molecule has 4 rings (SSSR count). The van der Waals surface area contributed by atoms with E-state index < -0.39 is 0 Å². The first kappa shape index (κ1) is 18.1. The molecule has 2 nitrogen and oxygen atoms in total.